The van der Waals surface area contributed by atoms with Gasteiger partial charge in [0, 0.05) is 11.6 Å². The smallest absolute Gasteiger partial charge is 0.123 e. The molecule has 1 atom stereocenters. The Morgan fingerprint density at radius 2 is 2.09 bits per heavy atom. The van der Waals surface area contributed by atoms with Gasteiger partial charge in [-0.3, -0.25) is 0 Å². The highest BCUT2D eigenvalue weighted by atomic mass is 16.3. The maximum Gasteiger partial charge on any atom is 0.123 e. The summed E-state index contributed by atoms with van der Waals surface area (Å²) >= 11 is 0. The van der Waals surface area contributed by atoms with E-state index in [4.69, 9.17) is 5.73 Å². The first-order chi connectivity index (χ1) is 5.13. The molecule has 2 heteroatoms. The molecule has 0 aliphatic rings. The molecule has 0 amide bonds. The summed E-state index contributed by atoms with van der Waals surface area (Å²) in [6, 6.07) is 5.50. The van der Waals surface area contributed by atoms with Crippen LogP contribution in [-0.2, 0) is 0 Å². The summed E-state index contributed by atoms with van der Waals surface area (Å²) < 4.78 is 0. The summed E-state index contributed by atoms with van der Waals surface area (Å²) in [6.45, 7) is 3.72. The largest absolute Gasteiger partial charge is 0.507 e. The molecule has 1 rings (SSSR count). The second-order valence-corrected chi connectivity index (χ2v) is 2.80. The summed E-state index contributed by atoms with van der Waals surface area (Å²) in [5.41, 5.74) is 7.31. The Hall–Kier alpha value is -1.02. The fraction of sp³-hybridized carbons (Fsp3) is 0.333. The molecule has 0 spiro atoms. The van der Waals surface area contributed by atoms with Crippen LogP contribution in [0.15, 0.2) is 18.2 Å². The fourth-order valence-corrected chi connectivity index (χ4v) is 1.05. The van der Waals surface area contributed by atoms with Crippen LogP contribution in [0.5, 0.6) is 5.75 Å². The maximum absolute atomic E-state index is 9.49. The first kappa shape index (κ1) is 8.08. The third kappa shape index (κ3) is 1.52. The number of hydrogen-bond donors (Lipinski definition) is 2. The molecule has 3 N–H and O–H groups in total. The zero-order valence-electron chi connectivity index (χ0n) is 6.83. The van der Waals surface area contributed by atoms with Crippen LogP contribution in [0.4, 0.5) is 0 Å². The molecule has 0 saturated carbocycles. The number of aromatic hydroxyl groups is 1. The average molecular weight is 151 g/mol. The van der Waals surface area contributed by atoms with Gasteiger partial charge in [0.25, 0.3) is 0 Å². The van der Waals surface area contributed by atoms with Crippen LogP contribution in [0.1, 0.15) is 24.1 Å². The van der Waals surface area contributed by atoms with Gasteiger partial charge in [0.1, 0.15) is 5.75 Å². The highest BCUT2D eigenvalue weighted by molar-refractivity contribution is 5.40. The fourth-order valence-electron chi connectivity index (χ4n) is 1.05. The minimum Gasteiger partial charge on any atom is -0.507 e. The van der Waals surface area contributed by atoms with Crippen LogP contribution in [0.25, 0.3) is 0 Å². The van der Waals surface area contributed by atoms with Gasteiger partial charge in [-0.2, -0.15) is 0 Å². The maximum atomic E-state index is 9.49. The lowest BCUT2D eigenvalue weighted by Crippen LogP contribution is -2.05. The quantitative estimate of drug-likeness (QED) is 0.642. The monoisotopic (exact) mass is 151 g/mol. The predicted molar refractivity (Wildman–Crippen MR) is 45.4 cm³/mol. The molecule has 11 heavy (non-hydrogen) atoms. The first-order valence-corrected chi connectivity index (χ1v) is 3.67. The van der Waals surface area contributed by atoms with Crippen LogP contribution in [0.2, 0.25) is 0 Å². The Bertz CT molecular complexity index is 256. The van der Waals surface area contributed by atoms with Crippen LogP contribution in [0.3, 0.4) is 0 Å². The van der Waals surface area contributed by atoms with Crippen LogP contribution in [-0.4, -0.2) is 5.11 Å². The molecule has 0 heterocycles. The van der Waals surface area contributed by atoms with E-state index in [1.54, 1.807) is 0 Å². The van der Waals surface area contributed by atoms with Gasteiger partial charge in [0.2, 0.25) is 0 Å². The number of benzene rings is 1. The molecule has 2 nitrogen and oxygen atoms in total. The van der Waals surface area contributed by atoms with E-state index >= 15 is 0 Å². The summed E-state index contributed by atoms with van der Waals surface area (Å²) in [5, 5.41) is 9.49. The van der Waals surface area contributed by atoms with Crippen molar-refractivity contribution in [2.45, 2.75) is 19.9 Å². The number of para-hydroxylation sites is 1. The van der Waals surface area contributed by atoms with Gasteiger partial charge in [-0.1, -0.05) is 18.2 Å². The van der Waals surface area contributed by atoms with E-state index < -0.39 is 0 Å². The van der Waals surface area contributed by atoms with E-state index in [0.717, 1.165) is 11.1 Å². The lowest BCUT2D eigenvalue weighted by Gasteiger charge is -2.09. The van der Waals surface area contributed by atoms with Crippen molar-refractivity contribution in [3.8, 4) is 5.75 Å². The number of hydrogen-bond acceptors (Lipinski definition) is 2. The molecule has 0 aliphatic carbocycles. The Balaban J connectivity index is 3.17. The molecule has 60 valence electrons. The van der Waals surface area contributed by atoms with Gasteiger partial charge in [0.15, 0.2) is 0 Å². The molecular formula is C9H13NO. The highest BCUT2D eigenvalue weighted by Crippen LogP contribution is 2.25. The number of rotatable bonds is 1. The molecule has 0 saturated heterocycles. The second kappa shape index (κ2) is 2.93. The lowest BCUT2D eigenvalue weighted by molar-refractivity contribution is 0.459. The van der Waals surface area contributed by atoms with Crippen molar-refractivity contribution in [3.63, 3.8) is 0 Å². The van der Waals surface area contributed by atoms with E-state index in [1.807, 2.05) is 32.0 Å². The van der Waals surface area contributed by atoms with E-state index in [9.17, 15) is 5.11 Å². The Morgan fingerprint density at radius 1 is 1.45 bits per heavy atom. The zero-order chi connectivity index (χ0) is 8.43. The van der Waals surface area contributed by atoms with E-state index in [1.165, 1.54) is 0 Å². The van der Waals surface area contributed by atoms with Crippen LogP contribution in [0, 0.1) is 6.92 Å². The van der Waals surface area contributed by atoms with Crippen molar-refractivity contribution in [2.75, 3.05) is 0 Å². The predicted octanol–water partition coefficient (Wildman–Crippen LogP) is 1.72. The van der Waals surface area contributed by atoms with Gasteiger partial charge in [-0.25, -0.2) is 0 Å². The van der Waals surface area contributed by atoms with Crippen molar-refractivity contribution >= 4 is 0 Å². The minimum absolute atomic E-state index is 0.102. The summed E-state index contributed by atoms with van der Waals surface area (Å²) in [5.74, 6) is 0.322. The third-order valence-electron chi connectivity index (χ3n) is 1.76. The number of phenols is 1. The zero-order valence-corrected chi connectivity index (χ0v) is 6.83. The van der Waals surface area contributed by atoms with Gasteiger partial charge in [-0.15, -0.1) is 0 Å². The molecule has 1 aromatic carbocycles. The number of nitrogens with two attached hydrogens (primary N) is 1. The average Bonchev–Trinajstić information content (AvgIpc) is 1.94. The normalized spacial score (nSPS) is 13.0. The van der Waals surface area contributed by atoms with Crippen molar-refractivity contribution < 1.29 is 5.11 Å². The molecule has 0 unspecified atom stereocenters. The summed E-state index contributed by atoms with van der Waals surface area (Å²) in [4.78, 5) is 0. The SMILES string of the molecule is Cc1cccc([C@H](C)N)c1O. The van der Waals surface area contributed by atoms with E-state index in [-0.39, 0.29) is 6.04 Å². The second-order valence-electron chi connectivity index (χ2n) is 2.80. The van der Waals surface area contributed by atoms with Gasteiger partial charge < -0.3 is 10.8 Å². The van der Waals surface area contributed by atoms with Gasteiger partial charge >= 0.3 is 0 Å². The topological polar surface area (TPSA) is 46.2 Å². The van der Waals surface area contributed by atoms with Crippen molar-refractivity contribution in [1.82, 2.24) is 0 Å². The Labute approximate surface area is 66.7 Å². The first-order valence-electron chi connectivity index (χ1n) is 3.67. The van der Waals surface area contributed by atoms with Crippen molar-refractivity contribution in [1.29, 1.82) is 0 Å². The Morgan fingerprint density at radius 3 is 2.55 bits per heavy atom. The van der Waals surface area contributed by atoms with E-state index in [2.05, 4.69) is 0 Å². The highest BCUT2D eigenvalue weighted by Gasteiger charge is 2.06. The van der Waals surface area contributed by atoms with Crippen LogP contribution < -0.4 is 5.73 Å². The summed E-state index contributed by atoms with van der Waals surface area (Å²) in [6.07, 6.45) is 0. The minimum atomic E-state index is -0.102. The summed E-state index contributed by atoms with van der Waals surface area (Å²) in [7, 11) is 0. The van der Waals surface area contributed by atoms with Crippen molar-refractivity contribution in [2.24, 2.45) is 5.73 Å². The molecule has 1 aromatic rings. The molecule has 0 aliphatic heterocycles. The standard InChI is InChI=1S/C9H13NO/c1-6-4-3-5-8(7(2)10)9(6)11/h3-5,7,11H,10H2,1-2H3/t7-/m0/s1. The lowest BCUT2D eigenvalue weighted by atomic mass is 10.1. The number of aryl methyl sites for hydroxylation is 1. The van der Waals surface area contributed by atoms with Gasteiger partial charge in [0.05, 0.1) is 0 Å². The molecular weight excluding hydrogens is 138 g/mol. The van der Waals surface area contributed by atoms with Crippen molar-refractivity contribution in [3.05, 3.63) is 29.3 Å². The van der Waals surface area contributed by atoms with Crippen LogP contribution >= 0.6 is 0 Å². The molecule has 0 aromatic heterocycles. The Kier molecular flexibility index (Phi) is 2.15. The molecule has 0 bridgehead atoms. The number of phenolic OH excluding ortho intramolecular Hbond substituents is 1. The van der Waals surface area contributed by atoms with Gasteiger partial charge in [-0.05, 0) is 19.4 Å². The van der Waals surface area contributed by atoms with E-state index in [0.29, 0.717) is 5.75 Å². The third-order valence-corrected chi connectivity index (χ3v) is 1.76. The molecule has 0 fully saturated rings. The molecule has 0 radical (unpaired) electrons.